The zero-order valence-electron chi connectivity index (χ0n) is 11.9. The van der Waals surface area contributed by atoms with Crippen LogP contribution < -0.4 is 4.72 Å². The Morgan fingerprint density at radius 1 is 1.25 bits per heavy atom. The monoisotopic (exact) mass is 365 g/mol. The summed E-state index contributed by atoms with van der Waals surface area (Å²) in [6.45, 7) is 0. The molecule has 2 aromatic carbocycles. The Kier molecular flexibility index (Phi) is 4.06. The number of nitrogens with zero attached hydrogens (tertiary/aromatic N) is 3. The number of azide groups is 1. The molecule has 10 heteroatoms. The maximum atomic E-state index is 14.0. The van der Waals surface area contributed by atoms with Crippen molar-refractivity contribution in [3.8, 4) is 0 Å². The maximum Gasteiger partial charge on any atom is 0.264 e. The molecule has 0 radical (unpaired) electrons. The number of hydrogen-bond acceptors (Lipinski definition) is 3. The van der Waals surface area contributed by atoms with E-state index < -0.39 is 15.8 Å². The molecule has 0 aliphatic rings. The number of H-pyrrole nitrogens is 1. The zero-order valence-corrected chi connectivity index (χ0v) is 13.4. The van der Waals surface area contributed by atoms with E-state index in [0.717, 1.165) is 6.07 Å². The Balaban J connectivity index is 2.00. The molecule has 0 atom stereocenters. The summed E-state index contributed by atoms with van der Waals surface area (Å²) >= 11 is 5.86. The molecule has 122 valence electrons. The number of sulfonamides is 1. The molecule has 1 heterocycles. The van der Waals surface area contributed by atoms with E-state index in [1.54, 1.807) is 18.2 Å². The van der Waals surface area contributed by atoms with Crippen LogP contribution in [0.5, 0.6) is 0 Å². The summed E-state index contributed by atoms with van der Waals surface area (Å²) in [7, 11) is -4.02. The smallest absolute Gasteiger partial charge is 0.264 e. The van der Waals surface area contributed by atoms with Crippen LogP contribution in [0.25, 0.3) is 21.3 Å². The van der Waals surface area contributed by atoms with E-state index in [9.17, 15) is 12.8 Å². The third-order valence-electron chi connectivity index (χ3n) is 3.25. The van der Waals surface area contributed by atoms with Gasteiger partial charge in [0.25, 0.3) is 10.0 Å². The Bertz CT molecular complexity index is 1090. The molecule has 0 saturated carbocycles. The summed E-state index contributed by atoms with van der Waals surface area (Å²) in [4.78, 5) is 5.31. The molecule has 0 saturated heterocycles. The number of fused-ring (bicyclic) bond motifs is 1. The largest absolute Gasteiger partial charge is 0.360 e. The van der Waals surface area contributed by atoms with Crippen molar-refractivity contribution >= 4 is 43.9 Å². The second-order valence-electron chi connectivity index (χ2n) is 4.80. The van der Waals surface area contributed by atoms with Crippen molar-refractivity contribution in [2.45, 2.75) is 4.90 Å². The highest BCUT2D eigenvalue weighted by Gasteiger charge is 2.20. The Labute approximate surface area is 140 Å². The van der Waals surface area contributed by atoms with Gasteiger partial charge in [0.1, 0.15) is 10.7 Å². The minimum absolute atomic E-state index is 0.0345. The van der Waals surface area contributed by atoms with Crippen LogP contribution in [0.3, 0.4) is 0 Å². The molecule has 0 fully saturated rings. The average Bonchev–Trinajstić information content (AvgIpc) is 2.94. The minimum atomic E-state index is -4.02. The molecule has 3 rings (SSSR count). The summed E-state index contributed by atoms with van der Waals surface area (Å²) in [5.41, 5.74) is 8.65. The van der Waals surface area contributed by atoms with Gasteiger partial charge in [-0.2, -0.15) is 0 Å². The minimum Gasteiger partial charge on any atom is -0.360 e. The fourth-order valence-electron chi connectivity index (χ4n) is 2.19. The molecule has 0 aliphatic heterocycles. The third kappa shape index (κ3) is 3.00. The molecular weight excluding hydrogens is 357 g/mol. The summed E-state index contributed by atoms with van der Waals surface area (Å²) in [5.74, 6) is -0.855. The van der Waals surface area contributed by atoms with Gasteiger partial charge < -0.3 is 4.98 Å². The molecule has 7 nitrogen and oxygen atoms in total. The van der Waals surface area contributed by atoms with Gasteiger partial charge in [0.15, 0.2) is 0 Å². The lowest BCUT2D eigenvalue weighted by Crippen LogP contribution is -2.13. The van der Waals surface area contributed by atoms with Gasteiger partial charge in [-0.05, 0) is 35.9 Å². The van der Waals surface area contributed by atoms with Crippen LogP contribution >= 0.6 is 11.6 Å². The van der Waals surface area contributed by atoms with Crippen molar-refractivity contribution in [1.82, 2.24) is 4.98 Å². The van der Waals surface area contributed by atoms with Crippen LogP contribution in [0.4, 0.5) is 15.8 Å². The van der Waals surface area contributed by atoms with Gasteiger partial charge in [-0.1, -0.05) is 22.8 Å². The SMILES string of the molecule is [N-]=[N+]=Nc1ccc(NS(=O)(=O)c2c[nH]c3cc(Cl)ccc23)c(F)c1. The van der Waals surface area contributed by atoms with Gasteiger partial charge in [-0.3, -0.25) is 4.72 Å². The second-order valence-corrected chi connectivity index (χ2v) is 6.89. The Morgan fingerprint density at radius 3 is 2.75 bits per heavy atom. The predicted octanol–water partition coefficient (Wildman–Crippen LogP) is 4.70. The number of nitrogens with one attached hydrogen (secondary N) is 2. The average molecular weight is 366 g/mol. The van der Waals surface area contributed by atoms with Crippen LogP contribution in [0, 0.1) is 5.82 Å². The lowest BCUT2D eigenvalue weighted by Gasteiger charge is -2.08. The van der Waals surface area contributed by atoms with Crippen molar-refractivity contribution in [2.24, 2.45) is 5.11 Å². The summed E-state index contributed by atoms with van der Waals surface area (Å²) in [6, 6.07) is 8.13. The fourth-order valence-corrected chi connectivity index (χ4v) is 3.61. The lowest BCUT2D eigenvalue weighted by molar-refractivity contribution is 0.599. The molecule has 0 amide bonds. The maximum absolute atomic E-state index is 14.0. The molecule has 24 heavy (non-hydrogen) atoms. The van der Waals surface area contributed by atoms with E-state index in [4.69, 9.17) is 17.1 Å². The van der Waals surface area contributed by atoms with Crippen LogP contribution in [-0.2, 0) is 10.0 Å². The predicted molar refractivity (Wildman–Crippen MR) is 89.3 cm³/mol. The molecule has 1 aromatic heterocycles. The highest BCUT2D eigenvalue weighted by molar-refractivity contribution is 7.93. The number of halogens is 2. The summed E-state index contributed by atoms with van der Waals surface area (Å²) in [5, 5.41) is 4.14. The second kappa shape index (κ2) is 6.04. The van der Waals surface area contributed by atoms with Gasteiger partial charge >= 0.3 is 0 Å². The first-order chi connectivity index (χ1) is 11.4. The first-order valence-corrected chi connectivity index (χ1v) is 8.41. The zero-order chi connectivity index (χ0) is 17.3. The van der Waals surface area contributed by atoms with Crippen molar-refractivity contribution < 1.29 is 12.8 Å². The topological polar surface area (TPSA) is 111 Å². The van der Waals surface area contributed by atoms with Crippen molar-refractivity contribution in [2.75, 3.05) is 4.72 Å². The highest BCUT2D eigenvalue weighted by atomic mass is 35.5. The van der Waals surface area contributed by atoms with E-state index in [2.05, 4.69) is 19.7 Å². The van der Waals surface area contributed by atoms with E-state index >= 15 is 0 Å². The number of aromatic amines is 1. The van der Waals surface area contributed by atoms with Gasteiger partial charge in [0, 0.05) is 32.7 Å². The van der Waals surface area contributed by atoms with Crippen LogP contribution in [0.15, 0.2) is 52.6 Å². The van der Waals surface area contributed by atoms with Crippen LogP contribution in [0.2, 0.25) is 5.02 Å². The number of rotatable bonds is 4. The Hall–Kier alpha value is -2.74. The molecule has 3 aromatic rings. The van der Waals surface area contributed by atoms with Crippen molar-refractivity contribution in [3.63, 3.8) is 0 Å². The molecule has 0 bridgehead atoms. The lowest BCUT2D eigenvalue weighted by atomic mass is 10.2. The van der Waals surface area contributed by atoms with E-state index in [1.165, 1.54) is 18.3 Å². The number of hydrogen-bond donors (Lipinski definition) is 2. The van der Waals surface area contributed by atoms with Gasteiger partial charge in [-0.15, -0.1) is 0 Å². The summed E-state index contributed by atoms with van der Waals surface area (Å²) in [6.07, 6.45) is 1.30. The van der Waals surface area contributed by atoms with Gasteiger partial charge in [0.05, 0.1) is 5.69 Å². The van der Waals surface area contributed by atoms with E-state index in [0.29, 0.717) is 15.9 Å². The third-order valence-corrected chi connectivity index (χ3v) is 4.89. The molecule has 2 N–H and O–H groups in total. The van der Waals surface area contributed by atoms with Crippen LogP contribution in [-0.4, -0.2) is 13.4 Å². The first-order valence-electron chi connectivity index (χ1n) is 6.55. The normalized spacial score (nSPS) is 11.2. The van der Waals surface area contributed by atoms with Gasteiger partial charge in [-0.25, -0.2) is 12.8 Å². The number of aromatic nitrogens is 1. The molecule has 0 unspecified atom stereocenters. The quantitative estimate of drug-likeness (QED) is 0.396. The first kappa shape index (κ1) is 16.1. The van der Waals surface area contributed by atoms with Gasteiger partial charge in [0.2, 0.25) is 0 Å². The number of benzene rings is 2. The Morgan fingerprint density at radius 2 is 2.04 bits per heavy atom. The summed E-state index contributed by atoms with van der Waals surface area (Å²) < 4.78 is 41.2. The number of anilines is 1. The standard InChI is InChI=1S/C14H9ClFN5O2S/c15-8-1-3-10-13(5-8)18-7-14(10)24(22,23)20-12-4-2-9(19-21-17)6-11(12)16/h1-7,18,20H. The fraction of sp³-hybridized carbons (Fsp3) is 0. The van der Waals surface area contributed by atoms with Crippen LogP contribution in [0.1, 0.15) is 0 Å². The van der Waals surface area contributed by atoms with E-state index in [1.807, 2.05) is 0 Å². The van der Waals surface area contributed by atoms with Crippen molar-refractivity contribution in [1.29, 1.82) is 0 Å². The molecule has 0 aliphatic carbocycles. The van der Waals surface area contributed by atoms with Crippen molar-refractivity contribution in [3.05, 3.63) is 63.9 Å². The van der Waals surface area contributed by atoms with E-state index in [-0.39, 0.29) is 16.3 Å². The molecule has 0 spiro atoms. The highest BCUT2D eigenvalue weighted by Crippen LogP contribution is 2.28. The molecular formula is C14H9ClFN5O2S.